The summed E-state index contributed by atoms with van der Waals surface area (Å²) >= 11 is 0. The van der Waals surface area contributed by atoms with Crippen LogP contribution in [0.2, 0.25) is 0 Å². The van der Waals surface area contributed by atoms with Gasteiger partial charge < -0.3 is 35.5 Å². The van der Waals surface area contributed by atoms with Crippen LogP contribution in [0.3, 0.4) is 0 Å². The topological polar surface area (TPSA) is 182 Å². The molecule has 5 amide bonds. The van der Waals surface area contributed by atoms with Crippen LogP contribution in [0.15, 0.2) is 116 Å². The van der Waals surface area contributed by atoms with Crippen LogP contribution in [0.25, 0.3) is 0 Å². The number of carbonyl (C=O) groups is 4. The SMILES string of the molecule is CCCC(=O)Nc1cc(Oc2ccc(NC(=O)NC3CC3)cc2)ccn1.CCCC(=O)Nc1cc(Oc2ccc(NC(=O)Oc3ccccc3)cc2)ccn1. The zero-order valence-corrected chi connectivity index (χ0v) is 30.5. The number of benzene rings is 3. The minimum absolute atomic E-state index is 0.0722. The molecule has 0 radical (unpaired) electrons. The Morgan fingerprint density at radius 3 is 1.55 bits per heavy atom. The molecular weight excluding hydrogens is 702 g/mol. The predicted octanol–water partition coefficient (Wildman–Crippen LogP) is 9.12. The van der Waals surface area contributed by atoms with Crippen LogP contribution in [-0.4, -0.2) is 39.9 Å². The van der Waals surface area contributed by atoms with Crippen molar-refractivity contribution in [1.82, 2.24) is 15.3 Å². The summed E-state index contributed by atoms with van der Waals surface area (Å²) in [6.07, 6.45) is 7.10. The van der Waals surface area contributed by atoms with Crippen LogP contribution in [-0.2, 0) is 9.59 Å². The van der Waals surface area contributed by atoms with Gasteiger partial charge in [-0.1, -0.05) is 32.0 Å². The number of urea groups is 1. The Balaban J connectivity index is 0.000000212. The Labute approximate surface area is 319 Å². The van der Waals surface area contributed by atoms with E-state index in [1.165, 1.54) is 0 Å². The van der Waals surface area contributed by atoms with Gasteiger partial charge in [0, 0.05) is 54.8 Å². The number of amides is 5. The molecule has 1 saturated carbocycles. The van der Waals surface area contributed by atoms with Gasteiger partial charge in [0.2, 0.25) is 11.8 Å². The fraction of sp³-hybridized carbons (Fsp3) is 0.220. The van der Waals surface area contributed by atoms with Crippen molar-refractivity contribution in [1.29, 1.82) is 0 Å². The van der Waals surface area contributed by atoms with Crippen molar-refractivity contribution in [3.05, 3.63) is 116 Å². The molecule has 5 N–H and O–H groups in total. The van der Waals surface area contributed by atoms with E-state index in [9.17, 15) is 19.2 Å². The first kappa shape index (κ1) is 39.3. The lowest BCUT2D eigenvalue weighted by atomic mass is 10.3. The second-order valence-corrected chi connectivity index (χ2v) is 12.3. The summed E-state index contributed by atoms with van der Waals surface area (Å²) < 4.78 is 16.7. The molecular formula is C41H43N7O7. The van der Waals surface area contributed by atoms with E-state index in [0.29, 0.717) is 70.6 Å². The number of rotatable bonds is 14. The summed E-state index contributed by atoms with van der Waals surface area (Å²) in [7, 11) is 0. The average Bonchev–Trinajstić information content (AvgIpc) is 3.98. The Bertz CT molecular complexity index is 2020. The fourth-order valence-corrected chi connectivity index (χ4v) is 4.75. The molecule has 2 aromatic heterocycles. The molecule has 0 bridgehead atoms. The molecule has 3 aromatic carbocycles. The smallest absolute Gasteiger partial charge is 0.417 e. The number of hydrogen-bond donors (Lipinski definition) is 5. The molecule has 0 aliphatic heterocycles. The van der Waals surface area contributed by atoms with E-state index in [4.69, 9.17) is 14.2 Å². The first-order valence-electron chi connectivity index (χ1n) is 17.9. The van der Waals surface area contributed by atoms with Gasteiger partial charge in [0.25, 0.3) is 0 Å². The van der Waals surface area contributed by atoms with Crippen molar-refractivity contribution in [3.63, 3.8) is 0 Å². The maximum atomic E-state index is 11.9. The van der Waals surface area contributed by atoms with E-state index >= 15 is 0 Å². The van der Waals surface area contributed by atoms with E-state index in [1.54, 1.807) is 109 Å². The number of pyridine rings is 2. The summed E-state index contributed by atoms with van der Waals surface area (Å²) in [5.41, 5.74) is 1.26. The van der Waals surface area contributed by atoms with Crippen molar-refractivity contribution in [3.8, 4) is 28.7 Å². The highest BCUT2D eigenvalue weighted by Crippen LogP contribution is 2.26. The van der Waals surface area contributed by atoms with Gasteiger partial charge in [0.15, 0.2) is 0 Å². The van der Waals surface area contributed by atoms with Gasteiger partial charge in [-0.25, -0.2) is 19.6 Å². The van der Waals surface area contributed by atoms with E-state index in [2.05, 4.69) is 36.6 Å². The molecule has 1 aliphatic rings. The Kier molecular flexibility index (Phi) is 14.5. The molecule has 14 heteroatoms. The molecule has 0 saturated heterocycles. The summed E-state index contributed by atoms with van der Waals surface area (Å²) in [4.78, 5) is 55.2. The molecule has 1 aliphatic carbocycles. The molecule has 14 nitrogen and oxygen atoms in total. The highest BCUT2D eigenvalue weighted by atomic mass is 16.6. The van der Waals surface area contributed by atoms with Gasteiger partial charge in [0.1, 0.15) is 40.4 Å². The number of anilines is 4. The van der Waals surface area contributed by atoms with Gasteiger partial charge >= 0.3 is 12.1 Å². The molecule has 1 fully saturated rings. The first-order chi connectivity index (χ1) is 26.7. The third kappa shape index (κ3) is 14.2. The number of nitrogens with one attached hydrogen (secondary N) is 5. The third-order valence-electron chi connectivity index (χ3n) is 7.50. The van der Waals surface area contributed by atoms with Crippen LogP contribution in [0.5, 0.6) is 28.7 Å². The molecule has 0 unspecified atom stereocenters. The van der Waals surface area contributed by atoms with Gasteiger partial charge in [-0.15, -0.1) is 0 Å². The second kappa shape index (κ2) is 20.3. The van der Waals surface area contributed by atoms with Gasteiger partial charge in [-0.05, 0) is 98.5 Å². The Hall–Kier alpha value is -6.96. The number of hydrogen-bond acceptors (Lipinski definition) is 9. The number of carbonyl (C=O) groups excluding carboxylic acids is 4. The zero-order valence-electron chi connectivity index (χ0n) is 30.5. The monoisotopic (exact) mass is 745 g/mol. The van der Waals surface area contributed by atoms with Crippen LogP contribution in [0, 0.1) is 0 Å². The van der Waals surface area contributed by atoms with Gasteiger partial charge in [0.05, 0.1) is 0 Å². The van der Waals surface area contributed by atoms with E-state index < -0.39 is 6.09 Å². The molecule has 6 rings (SSSR count). The van der Waals surface area contributed by atoms with Crippen molar-refractivity contribution >= 4 is 46.9 Å². The van der Waals surface area contributed by atoms with Crippen molar-refractivity contribution in [2.75, 3.05) is 21.3 Å². The van der Waals surface area contributed by atoms with Crippen LogP contribution in [0.4, 0.5) is 32.6 Å². The maximum absolute atomic E-state index is 11.9. The highest BCUT2D eigenvalue weighted by molar-refractivity contribution is 5.91. The first-order valence-corrected chi connectivity index (χ1v) is 17.9. The van der Waals surface area contributed by atoms with E-state index in [-0.39, 0.29) is 17.8 Å². The maximum Gasteiger partial charge on any atom is 0.417 e. The molecule has 2 heterocycles. The number of nitrogens with zero attached hydrogens (tertiary/aromatic N) is 2. The Morgan fingerprint density at radius 1 is 0.582 bits per heavy atom. The molecule has 55 heavy (non-hydrogen) atoms. The lowest BCUT2D eigenvalue weighted by Crippen LogP contribution is -2.30. The van der Waals surface area contributed by atoms with Crippen LogP contribution >= 0.6 is 0 Å². The van der Waals surface area contributed by atoms with Crippen molar-refractivity contribution in [2.45, 2.75) is 58.4 Å². The lowest BCUT2D eigenvalue weighted by Gasteiger charge is -2.10. The number of ether oxygens (including phenoxy) is 3. The fourth-order valence-electron chi connectivity index (χ4n) is 4.75. The molecule has 5 aromatic rings. The molecule has 284 valence electrons. The van der Waals surface area contributed by atoms with E-state index in [1.807, 2.05) is 19.9 Å². The van der Waals surface area contributed by atoms with Crippen molar-refractivity contribution < 1.29 is 33.4 Å². The normalized spacial score (nSPS) is 11.5. The van der Waals surface area contributed by atoms with E-state index in [0.717, 1.165) is 25.7 Å². The molecule has 0 spiro atoms. The van der Waals surface area contributed by atoms with Crippen LogP contribution < -0.4 is 40.8 Å². The average molecular weight is 746 g/mol. The summed E-state index contributed by atoms with van der Waals surface area (Å²) in [5, 5.41) is 13.8. The predicted molar refractivity (Wildman–Crippen MR) is 210 cm³/mol. The highest BCUT2D eigenvalue weighted by Gasteiger charge is 2.23. The summed E-state index contributed by atoms with van der Waals surface area (Å²) in [5.74, 6) is 3.49. The standard InChI is InChI=1S/C22H21N3O4.C19H22N4O3/c1-2-6-21(26)25-20-15-19(13-14-23-20)28-18-11-9-16(10-12-18)24-22(27)29-17-7-4-3-5-8-17;1-2-3-18(24)23-17-12-16(10-11-20-17)26-15-8-6-14(7-9-15)22-19(25)21-13-4-5-13/h3-5,7-15H,2,6H2,1H3,(H,24,27)(H,23,25,26);6-13H,2-5H2,1H3,(H,20,23,24)(H2,21,22,25). The van der Waals surface area contributed by atoms with Crippen molar-refractivity contribution in [2.24, 2.45) is 0 Å². The number of aromatic nitrogens is 2. The van der Waals surface area contributed by atoms with Gasteiger partial charge in [-0.2, -0.15) is 0 Å². The summed E-state index contributed by atoms with van der Waals surface area (Å²) in [6.45, 7) is 3.88. The Morgan fingerprint density at radius 2 is 1.07 bits per heavy atom. The lowest BCUT2D eigenvalue weighted by molar-refractivity contribution is -0.117. The second-order valence-electron chi connectivity index (χ2n) is 12.3. The van der Waals surface area contributed by atoms with Gasteiger partial charge in [-0.3, -0.25) is 14.9 Å². The zero-order chi connectivity index (χ0) is 38.8. The molecule has 0 atom stereocenters. The third-order valence-corrected chi connectivity index (χ3v) is 7.50. The minimum Gasteiger partial charge on any atom is -0.457 e. The number of para-hydroxylation sites is 1. The summed E-state index contributed by atoms with van der Waals surface area (Å²) in [6, 6.07) is 29.6. The largest absolute Gasteiger partial charge is 0.457 e. The van der Waals surface area contributed by atoms with Crippen LogP contribution in [0.1, 0.15) is 52.4 Å². The minimum atomic E-state index is -0.577. The quantitative estimate of drug-likeness (QED) is 0.0740.